The summed E-state index contributed by atoms with van der Waals surface area (Å²) in [5.41, 5.74) is 4.57. The van der Waals surface area contributed by atoms with E-state index in [2.05, 4.69) is 10.5 Å². The van der Waals surface area contributed by atoms with Crippen LogP contribution in [0, 0.1) is 0 Å². The maximum Gasteiger partial charge on any atom is 0.409 e. The Bertz CT molecular complexity index is 328. The molecule has 88 valence electrons. The van der Waals surface area contributed by atoms with Crippen molar-refractivity contribution in [3.05, 3.63) is 24.6 Å². The number of nitrogens with zero attached hydrogens (tertiary/aromatic N) is 1. The van der Waals surface area contributed by atoms with Crippen molar-refractivity contribution >= 4 is 23.8 Å². The molecule has 2 aliphatic heterocycles. The van der Waals surface area contributed by atoms with Crippen LogP contribution in [-0.2, 0) is 9.53 Å². The van der Waals surface area contributed by atoms with Crippen molar-refractivity contribution in [3.8, 4) is 0 Å². The van der Waals surface area contributed by atoms with Gasteiger partial charge >= 0.3 is 6.09 Å². The van der Waals surface area contributed by atoms with Crippen LogP contribution in [0.25, 0.3) is 0 Å². The maximum absolute atomic E-state index is 10.7. The lowest BCUT2D eigenvalue weighted by molar-refractivity contribution is -0.137. The van der Waals surface area contributed by atoms with Gasteiger partial charge in [0.05, 0.1) is 18.1 Å². The number of thioether (sulfide) groups is 1. The highest BCUT2D eigenvalue weighted by molar-refractivity contribution is 8.00. The van der Waals surface area contributed by atoms with Crippen molar-refractivity contribution in [2.45, 2.75) is 18.7 Å². The van der Waals surface area contributed by atoms with Gasteiger partial charge in [0.2, 0.25) is 5.91 Å². The van der Waals surface area contributed by atoms with Gasteiger partial charge in [0.1, 0.15) is 0 Å². The van der Waals surface area contributed by atoms with Crippen LogP contribution >= 0.6 is 11.8 Å². The van der Waals surface area contributed by atoms with Crippen LogP contribution in [0.4, 0.5) is 4.79 Å². The quantitative estimate of drug-likeness (QED) is 0.557. The van der Waals surface area contributed by atoms with Gasteiger partial charge < -0.3 is 15.4 Å². The van der Waals surface area contributed by atoms with Gasteiger partial charge in [-0.2, -0.15) is 0 Å². The fourth-order valence-electron chi connectivity index (χ4n) is 1.18. The molecule has 2 rings (SSSR count). The van der Waals surface area contributed by atoms with E-state index >= 15 is 0 Å². The molecule has 16 heavy (non-hydrogen) atoms. The molecule has 1 saturated heterocycles. The molecule has 0 aromatic heterocycles. The molecule has 0 aromatic rings. The van der Waals surface area contributed by atoms with Gasteiger partial charge in [0.15, 0.2) is 0 Å². The monoisotopic (exact) mass is 242 g/mol. The first-order valence-electron chi connectivity index (χ1n) is 4.82. The molecular formula is C10H14N2O3S. The average Bonchev–Trinajstić information content (AvgIpc) is 2.26. The van der Waals surface area contributed by atoms with Crippen LogP contribution in [-0.4, -0.2) is 28.0 Å². The van der Waals surface area contributed by atoms with Gasteiger partial charge in [-0.1, -0.05) is 12.2 Å². The number of nitrogens with two attached hydrogens (primary N) is 1. The van der Waals surface area contributed by atoms with E-state index < -0.39 is 6.09 Å². The van der Waals surface area contributed by atoms with Crippen molar-refractivity contribution < 1.29 is 14.3 Å². The first kappa shape index (κ1) is 12.6. The summed E-state index contributed by atoms with van der Waals surface area (Å²) in [7, 11) is 0. The summed E-state index contributed by atoms with van der Waals surface area (Å²) >= 11 is 1.84. The van der Waals surface area contributed by atoms with E-state index in [4.69, 9.17) is 0 Å². The molecule has 2 heterocycles. The van der Waals surface area contributed by atoms with E-state index in [1.54, 1.807) is 17.9 Å². The summed E-state index contributed by atoms with van der Waals surface area (Å²) in [6.45, 7) is 1.73. The summed E-state index contributed by atoms with van der Waals surface area (Å²) in [6, 6.07) is 0. The number of rotatable bonds is 1. The molecule has 0 saturated carbocycles. The number of primary amides is 1. The van der Waals surface area contributed by atoms with Gasteiger partial charge in [0, 0.05) is 12.0 Å². The number of carbonyl (C=O) groups is 2. The second-order valence-electron chi connectivity index (χ2n) is 3.08. The van der Waals surface area contributed by atoms with Crippen LogP contribution < -0.4 is 5.73 Å². The highest BCUT2D eigenvalue weighted by Gasteiger charge is 2.35. The summed E-state index contributed by atoms with van der Waals surface area (Å²) in [6.07, 6.45) is 6.69. The highest BCUT2D eigenvalue weighted by Crippen LogP contribution is 2.32. The number of β-lactam (4-membered cyclic amide) rings is 1. The molecule has 0 spiro atoms. The van der Waals surface area contributed by atoms with Crippen LogP contribution in [0.5, 0.6) is 0 Å². The first-order valence-corrected chi connectivity index (χ1v) is 5.86. The van der Waals surface area contributed by atoms with Crippen molar-refractivity contribution in [1.29, 1.82) is 0 Å². The Morgan fingerprint density at radius 3 is 2.88 bits per heavy atom. The fourth-order valence-corrected chi connectivity index (χ4v) is 2.21. The lowest BCUT2D eigenvalue weighted by Gasteiger charge is -2.39. The molecule has 2 amide bonds. The lowest BCUT2D eigenvalue weighted by atomic mass is 10.2. The van der Waals surface area contributed by atoms with Gasteiger partial charge in [-0.05, 0) is 6.92 Å². The third kappa shape index (κ3) is 3.62. The molecular weight excluding hydrogens is 228 g/mol. The molecule has 0 aliphatic carbocycles. The number of ether oxygens (including phenoxy) is 1. The zero-order valence-corrected chi connectivity index (χ0v) is 9.78. The molecule has 0 radical (unpaired) electrons. The van der Waals surface area contributed by atoms with Crippen LogP contribution in [0.3, 0.4) is 0 Å². The topological polar surface area (TPSA) is 72.6 Å². The minimum atomic E-state index is -0.780. The maximum atomic E-state index is 10.7. The first-order chi connectivity index (χ1) is 7.65. The molecule has 6 heteroatoms. The number of amides is 2. The van der Waals surface area contributed by atoms with Crippen LogP contribution in [0.2, 0.25) is 0 Å². The minimum Gasteiger partial charge on any atom is -0.419 e. The summed E-state index contributed by atoms with van der Waals surface area (Å²) in [5.74, 6) is 1.33. The second-order valence-corrected chi connectivity index (χ2v) is 4.30. The summed E-state index contributed by atoms with van der Waals surface area (Å²) in [5, 5.41) is 0.475. The van der Waals surface area contributed by atoms with Crippen LogP contribution in [0.15, 0.2) is 24.6 Å². The van der Waals surface area contributed by atoms with E-state index in [0.29, 0.717) is 5.37 Å². The normalized spacial score (nSPS) is 21.9. The van der Waals surface area contributed by atoms with E-state index in [0.717, 1.165) is 12.2 Å². The molecule has 2 aliphatic rings. The Morgan fingerprint density at radius 1 is 1.75 bits per heavy atom. The van der Waals surface area contributed by atoms with E-state index in [1.807, 2.05) is 24.0 Å². The van der Waals surface area contributed by atoms with Crippen molar-refractivity contribution in [2.24, 2.45) is 5.73 Å². The summed E-state index contributed by atoms with van der Waals surface area (Å²) < 4.78 is 4.15. The van der Waals surface area contributed by atoms with Crippen molar-refractivity contribution in [1.82, 2.24) is 4.90 Å². The van der Waals surface area contributed by atoms with Gasteiger partial charge in [0.25, 0.3) is 0 Å². The SMILES string of the molecule is CC=COC(N)=O.O=C1CC2SCC=CN12. The molecule has 0 bridgehead atoms. The third-order valence-corrected chi connectivity index (χ3v) is 3.08. The van der Waals surface area contributed by atoms with Gasteiger partial charge in [-0.15, -0.1) is 11.8 Å². The van der Waals surface area contributed by atoms with E-state index in [1.165, 1.54) is 6.26 Å². The lowest BCUT2D eigenvalue weighted by Crippen LogP contribution is -2.48. The van der Waals surface area contributed by atoms with E-state index in [9.17, 15) is 9.59 Å². The number of allylic oxidation sites excluding steroid dienone is 1. The predicted molar refractivity (Wildman–Crippen MR) is 62.3 cm³/mol. The molecule has 1 fully saturated rings. The third-order valence-electron chi connectivity index (χ3n) is 1.92. The molecule has 5 nitrogen and oxygen atoms in total. The van der Waals surface area contributed by atoms with Crippen LogP contribution in [0.1, 0.15) is 13.3 Å². The Morgan fingerprint density at radius 2 is 2.50 bits per heavy atom. The smallest absolute Gasteiger partial charge is 0.409 e. The Balaban J connectivity index is 0.000000168. The molecule has 0 aromatic carbocycles. The van der Waals surface area contributed by atoms with Gasteiger partial charge in [-0.25, -0.2) is 4.79 Å². The Kier molecular flexibility index (Phi) is 4.91. The van der Waals surface area contributed by atoms with Crippen molar-refractivity contribution in [2.75, 3.05) is 5.75 Å². The number of hydrogen-bond acceptors (Lipinski definition) is 4. The zero-order valence-electron chi connectivity index (χ0n) is 8.96. The standard InChI is InChI=1S/C6H7NOS.C4H7NO2/c8-5-4-6-7(5)2-1-3-9-6;1-2-3-7-4(5)6/h1-2,6H,3-4H2;2-3H,1H3,(H2,5,6). The molecule has 1 atom stereocenters. The van der Waals surface area contributed by atoms with Gasteiger partial charge in [-0.3, -0.25) is 4.79 Å². The number of carbonyl (C=O) groups excluding carboxylic acids is 2. The van der Waals surface area contributed by atoms with E-state index in [-0.39, 0.29) is 5.91 Å². The predicted octanol–water partition coefficient (Wildman–Crippen LogP) is 1.42. The summed E-state index contributed by atoms with van der Waals surface area (Å²) in [4.78, 5) is 22.2. The Hall–Kier alpha value is -1.43. The largest absolute Gasteiger partial charge is 0.419 e. The zero-order chi connectivity index (χ0) is 12.0. The number of hydrogen-bond donors (Lipinski definition) is 1. The highest BCUT2D eigenvalue weighted by atomic mass is 32.2. The van der Waals surface area contributed by atoms with Crippen molar-refractivity contribution in [3.63, 3.8) is 0 Å². The minimum absolute atomic E-state index is 0.267. The second kappa shape index (κ2) is 6.22. The molecule has 1 unspecified atom stereocenters. The average molecular weight is 242 g/mol. The Labute approximate surface area is 98.3 Å². The fraction of sp³-hybridized carbons (Fsp3) is 0.400. The number of fused-ring (bicyclic) bond motifs is 1. The molecule has 2 N–H and O–H groups in total.